The molecule has 0 radical (unpaired) electrons. The van der Waals surface area contributed by atoms with Gasteiger partial charge in [-0.3, -0.25) is 0 Å². The van der Waals surface area contributed by atoms with Gasteiger partial charge in [0.25, 0.3) is 0 Å². The Morgan fingerprint density at radius 3 is 2.26 bits per heavy atom. The molecule has 0 amide bonds. The van der Waals surface area contributed by atoms with E-state index in [1.165, 1.54) is 6.92 Å². The quantitative estimate of drug-likeness (QED) is 0.314. The van der Waals surface area contributed by atoms with Crippen LogP contribution < -0.4 is 5.32 Å². The summed E-state index contributed by atoms with van der Waals surface area (Å²) in [6.45, 7) is 5.36. The molecule has 5 atom stereocenters. The standard InChI is InChI=1S/C24H24F6INO2/c1-12-3-4-18(31)8-19(12)21-20-10-32-9-15(20)11-33-22(21)34-13(2)14-5-16(23(25,26)27)7-17(6-14)24(28,29)30/h3-8,13,15,20-22,32H,9-11H2,1-2H3/t13-,15+,20-,21+,22-/m1/s1. The first kappa shape index (κ1) is 25.7. The lowest BCUT2D eigenvalue weighted by molar-refractivity contribution is -0.217. The maximum atomic E-state index is 13.3. The van der Waals surface area contributed by atoms with Crippen LogP contribution in [0.3, 0.4) is 0 Å². The van der Waals surface area contributed by atoms with Crippen molar-refractivity contribution in [2.45, 2.75) is 44.5 Å². The summed E-state index contributed by atoms with van der Waals surface area (Å²) in [4.78, 5) is 0. The summed E-state index contributed by atoms with van der Waals surface area (Å²) >= 11 is 2.21. The van der Waals surface area contributed by atoms with Crippen molar-refractivity contribution in [2.24, 2.45) is 11.8 Å². The first-order valence-corrected chi connectivity index (χ1v) is 12.0. The SMILES string of the molecule is Cc1ccc(I)cc1[C@@H]1[C@@H](O[C@H](C)c2cc(C(F)(F)F)cc(C(F)(F)F)c2)OC[C@@H]2CNC[C@H]21. The summed E-state index contributed by atoms with van der Waals surface area (Å²) in [5.74, 6) is 0.219. The molecule has 2 fully saturated rings. The first-order valence-electron chi connectivity index (χ1n) is 10.9. The molecular formula is C24H24F6INO2. The highest BCUT2D eigenvalue weighted by molar-refractivity contribution is 14.1. The van der Waals surface area contributed by atoms with Crippen molar-refractivity contribution >= 4 is 22.6 Å². The Morgan fingerprint density at radius 1 is 1.00 bits per heavy atom. The van der Waals surface area contributed by atoms with Crippen LogP contribution in [0.25, 0.3) is 0 Å². The summed E-state index contributed by atoms with van der Waals surface area (Å²) in [6, 6.07) is 7.57. The fourth-order valence-corrected chi connectivity index (χ4v) is 5.36. The van der Waals surface area contributed by atoms with Gasteiger partial charge < -0.3 is 14.8 Å². The van der Waals surface area contributed by atoms with E-state index in [1.807, 2.05) is 25.1 Å². The van der Waals surface area contributed by atoms with Crippen LogP contribution in [0.4, 0.5) is 26.3 Å². The second-order valence-corrected chi connectivity index (χ2v) is 10.2. The molecule has 34 heavy (non-hydrogen) atoms. The third-order valence-corrected chi connectivity index (χ3v) is 7.31. The van der Waals surface area contributed by atoms with Gasteiger partial charge in [-0.2, -0.15) is 26.3 Å². The average molecular weight is 599 g/mol. The van der Waals surface area contributed by atoms with E-state index in [9.17, 15) is 26.3 Å². The van der Waals surface area contributed by atoms with E-state index >= 15 is 0 Å². The molecule has 2 aromatic carbocycles. The van der Waals surface area contributed by atoms with Gasteiger partial charge in [0.2, 0.25) is 0 Å². The van der Waals surface area contributed by atoms with Crippen LogP contribution in [0.2, 0.25) is 0 Å². The molecule has 2 aliphatic heterocycles. The summed E-state index contributed by atoms with van der Waals surface area (Å²) < 4.78 is 93.1. The number of ether oxygens (including phenoxy) is 2. The van der Waals surface area contributed by atoms with Crippen molar-refractivity contribution in [3.63, 3.8) is 0 Å². The number of aryl methyl sites for hydroxylation is 1. The molecule has 0 unspecified atom stereocenters. The lowest BCUT2D eigenvalue weighted by atomic mass is 9.76. The molecule has 2 aliphatic rings. The number of rotatable bonds is 4. The van der Waals surface area contributed by atoms with Gasteiger partial charge in [0.15, 0.2) is 6.29 Å². The number of hydrogen-bond acceptors (Lipinski definition) is 3. The second kappa shape index (κ2) is 9.59. The largest absolute Gasteiger partial charge is 0.416 e. The molecule has 4 rings (SSSR count). The molecule has 10 heteroatoms. The number of fused-ring (bicyclic) bond motifs is 1. The Balaban J connectivity index is 1.68. The van der Waals surface area contributed by atoms with Crippen LogP contribution in [-0.4, -0.2) is 26.0 Å². The van der Waals surface area contributed by atoms with Crippen LogP contribution in [0.5, 0.6) is 0 Å². The minimum atomic E-state index is -4.92. The van der Waals surface area contributed by atoms with E-state index in [0.717, 1.165) is 27.8 Å². The van der Waals surface area contributed by atoms with Crippen molar-refractivity contribution in [1.29, 1.82) is 0 Å². The molecule has 0 saturated carbocycles. The predicted molar refractivity (Wildman–Crippen MR) is 122 cm³/mol. The molecule has 0 aromatic heterocycles. The number of hydrogen-bond donors (Lipinski definition) is 1. The van der Waals surface area contributed by atoms with E-state index in [1.54, 1.807) is 0 Å². The van der Waals surface area contributed by atoms with Gasteiger partial charge >= 0.3 is 12.4 Å². The van der Waals surface area contributed by atoms with Crippen LogP contribution >= 0.6 is 22.6 Å². The van der Waals surface area contributed by atoms with Gasteiger partial charge in [-0.15, -0.1) is 0 Å². The van der Waals surface area contributed by atoms with Crippen molar-refractivity contribution in [2.75, 3.05) is 19.7 Å². The molecule has 0 aliphatic carbocycles. The van der Waals surface area contributed by atoms with E-state index < -0.39 is 35.9 Å². The van der Waals surface area contributed by atoms with E-state index in [-0.39, 0.29) is 29.4 Å². The average Bonchev–Trinajstić information content (AvgIpc) is 3.23. The number of halogens is 7. The van der Waals surface area contributed by atoms with Crippen LogP contribution in [0, 0.1) is 22.3 Å². The summed E-state index contributed by atoms with van der Waals surface area (Å²) in [7, 11) is 0. The Kier molecular flexibility index (Phi) is 7.25. The third kappa shape index (κ3) is 5.39. The van der Waals surface area contributed by atoms with E-state index in [0.29, 0.717) is 18.7 Å². The van der Waals surface area contributed by atoms with Crippen LogP contribution in [-0.2, 0) is 21.8 Å². The van der Waals surface area contributed by atoms with Crippen LogP contribution in [0.1, 0.15) is 46.8 Å². The van der Waals surface area contributed by atoms with Crippen molar-refractivity contribution in [1.82, 2.24) is 5.32 Å². The number of alkyl halides is 6. The zero-order valence-electron chi connectivity index (χ0n) is 18.4. The lowest BCUT2D eigenvalue weighted by Gasteiger charge is -2.41. The summed E-state index contributed by atoms with van der Waals surface area (Å²) in [5, 5.41) is 3.36. The fraction of sp³-hybridized carbons (Fsp3) is 0.500. The lowest BCUT2D eigenvalue weighted by Crippen LogP contribution is -2.42. The topological polar surface area (TPSA) is 30.5 Å². The maximum Gasteiger partial charge on any atom is 0.416 e. The molecule has 186 valence electrons. The molecule has 2 heterocycles. The van der Waals surface area contributed by atoms with Crippen molar-refractivity contribution < 1.29 is 35.8 Å². The molecular weight excluding hydrogens is 575 g/mol. The molecule has 0 spiro atoms. The highest BCUT2D eigenvalue weighted by Crippen LogP contribution is 2.45. The van der Waals surface area contributed by atoms with Gasteiger partial charge in [0.1, 0.15) is 0 Å². The van der Waals surface area contributed by atoms with Crippen LogP contribution in [0.15, 0.2) is 36.4 Å². The molecule has 2 aromatic rings. The monoisotopic (exact) mass is 599 g/mol. The van der Waals surface area contributed by atoms with Gasteiger partial charge in [0.05, 0.1) is 23.8 Å². The van der Waals surface area contributed by atoms with Gasteiger partial charge in [-0.25, -0.2) is 0 Å². The maximum absolute atomic E-state index is 13.3. The molecule has 3 nitrogen and oxygen atoms in total. The highest BCUT2D eigenvalue weighted by Gasteiger charge is 2.45. The fourth-order valence-electron chi connectivity index (χ4n) is 4.85. The van der Waals surface area contributed by atoms with Gasteiger partial charge in [0, 0.05) is 16.0 Å². The Bertz CT molecular complexity index is 1010. The minimum Gasteiger partial charge on any atom is -0.352 e. The molecule has 2 saturated heterocycles. The Labute approximate surface area is 207 Å². The predicted octanol–water partition coefficient (Wildman–Crippen LogP) is 6.69. The summed E-state index contributed by atoms with van der Waals surface area (Å²) in [5.41, 5.74) is -0.871. The Hall–Kier alpha value is -1.37. The minimum absolute atomic E-state index is 0.125. The summed E-state index contributed by atoms with van der Waals surface area (Å²) in [6.07, 6.45) is -11.7. The highest BCUT2D eigenvalue weighted by atomic mass is 127. The molecule has 0 bridgehead atoms. The normalized spacial score (nSPS) is 26.4. The van der Waals surface area contributed by atoms with Crippen molar-refractivity contribution in [3.8, 4) is 0 Å². The van der Waals surface area contributed by atoms with Gasteiger partial charge in [-0.1, -0.05) is 6.07 Å². The van der Waals surface area contributed by atoms with Gasteiger partial charge in [-0.05, 0) is 102 Å². The Morgan fingerprint density at radius 2 is 1.65 bits per heavy atom. The van der Waals surface area contributed by atoms with E-state index in [2.05, 4.69) is 27.9 Å². The number of nitrogens with one attached hydrogen (secondary N) is 1. The number of benzene rings is 2. The second-order valence-electron chi connectivity index (χ2n) is 8.93. The zero-order valence-corrected chi connectivity index (χ0v) is 20.6. The molecule has 1 N–H and O–H groups in total. The zero-order chi connectivity index (χ0) is 24.8. The van der Waals surface area contributed by atoms with Crippen molar-refractivity contribution in [3.05, 3.63) is 67.8 Å². The first-order chi connectivity index (χ1) is 15.8. The third-order valence-electron chi connectivity index (χ3n) is 6.64. The van der Waals surface area contributed by atoms with E-state index in [4.69, 9.17) is 9.47 Å². The smallest absolute Gasteiger partial charge is 0.352 e.